The number of hydrogen-bond acceptors (Lipinski definition) is 27. The Morgan fingerprint density at radius 3 is 1.86 bits per heavy atom. The van der Waals surface area contributed by atoms with Crippen molar-refractivity contribution in [2.24, 2.45) is 29.0 Å². The topological polar surface area (TPSA) is 563 Å². The van der Waals surface area contributed by atoms with Gasteiger partial charge in [0.05, 0.1) is 37.4 Å². The van der Waals surface area contributed by atoms with Gasteiger partial charge >= 0.3 is 5.97 Å². The second kappa shape index (κ2) is 32.6. The number of aromatic hydroxyl groups is 3. The van der Waals surface area contributed by atoms with Gasteiger partial charge in [-0.1, -0.05) is 45.0 Å². The summed E-state index contributed by atoms with van der Waals surface area (Å²) in [6.45, 7) is 12.1. The maximum absolute atomic E-state index is 16.4. The molecule has 35 heteroatoms. The van der Waals surface area contributed by atoms with Crippen LogP contribution < -0.4 is 63.3 Å². The Kier molecular flexibility index (Phi) is 24.0. The van der Waals surface area contributed by atoms with Gasteiger partial charge in [-0.2, -0.15) is 0 Å². The van der Waals surface area contributed by atoms with Crippen molar-refractivity contribution < 1.29 is 127 Å². The lowest BCUT2D eigenvalue weighted by atomic mass is 9.86. The van der Waals surface area contributed by atoms with Gasteiger partial charge in [-0.3, -0.25) is 33.6 Å². The lowest BCUT2D eigenvalue weighted by molar-refractivity contribution is -0.333. The number of aliphatic carboxylic acids is 1. The van der Waals surface area contributed by atoms with E-state index < -0.39 is 250 Å². The zero-order chi connectivity index (χ0) is 80.0. The normalized spacial score (nSPS) is 32.2. The molecular formula is C75H93N9O26. The van der Waals surface area contributed by atoms with E-state index in [1.54, 1.807) is 6.92 Å². The van der Waals surface area contributed by atoms with Crippen LogP contribution in [0.4, 0.5) is 0 Å². The van der Waals surface area contributed by atoms with Gasteiger partial charge in [0.1, 0.15) is 89.5 Å². The first-order chi connectivity index (χ1) is 51.8. The summed E-state index contributed by atoms with van der Waals surface area (Å²) in [5.41, 5.74) is 14.1. The van der Waals surface area contributed by atoms with E-state index in [0.29, 0.717) is 6.42 Å². The number of amides is 7. The number of phenols is 3. The van der Waals surface area contributed by atoms with Crippen LogP contribution >= 0.6 is 0 Å². The van der Waals surface area contributed by atoms with E-state index in [2.05, 4.69) is 31.9 Å². The molecule has 0 aromatic heterocycles. The number of benzene rings is 5. The van der Waals surface area contributed by atoms with E-state index in [1.807, 2.05) is 13.8 Å². The van der Waals surface area contributed by atoms with Gasteiger partial charge in [-0.25, -0.2) is 4.79 Å². The van der Waals surface area contributed by atoms with Gasteiger partial charge in [0.25, 0.3) is 0 Å². The molecule has 8 aliphatic rings. The lowest BCUT2D eigenvalue weighted by Crippen LogP contribution is -2.64. The first kappa shape index (κ1) is 81.1. The molecule has 13 rings (SSSR count). The molecule has 5 aromatic carbocycles. The number of carbonyl (C=O) groups is 8. The average Bonchev–Trinajstić information content (AvgIpc) is 0.766. The van der Waals surface area contributed by atoms with Crippen molar-refractivity contribution in [3.05, 3.63) is 118 Å². The zero-order valence-electron chi connectivity index (χ0n) is 61.2. The minimum Gasteiger partial charge on any atom is -0.508 e. The van der Waals surface area contributed by atoms with E-state index in [0.717, 1.165) is 42.5 Å². The number of carboxylic acids is 1. The third kappa shape index (κ3) is 17.2. The highest BCUT2D eigenvalue weighted by molar-refractivity contribution is 6.00. The van der Waals surface area contributed by atoms with E-state index in [9.17, 15) is 70.2 Å². The molecular weight excluding hydrogens is 1440 g/mol. The van der Waals surface area contributed by atoms with Crippen molar-refractivity contribution in [3.63, 3.8) is 0 Å². The Morgan fingerprint density at radius 1 is 0.664 bits per heavy atom. The van der Waals surface area contributed by atoms with Gasteiger partial charge in [-0.05, 0) is 136 Å². The number of rotatable bonds is 15. The first-order valence-electron chi connectivity index (χ1n) is 35.8. The van der Waals surface area contributed by atoms with E-state index in [1.165, 1.54) is 77.1 Å². The number of primary amides is 1. The van der Waals surface area contributed by atoms with E-state index >= 15 is 19.2 Å². The summed E-state index contributed by atoms with van der Waals surface area (Å²) in [6.07, 6.45) is -21.5. The Labute approximate surface area is 630 Å². The SMILES string of the molecule is CC[C@@H](CC(C)C)C(=O)N[C@H]1C(=O)N[C@@H](CC(N)=O)C(=O)N[C@H]2C(=O)NC3C(=O)N[C@@H](C(=O)N[C@H](C(=O)O)c4cc(O)cc(O)c4-c4cc3ccc4O)[C@@H](O[C@@H]3C[C@](C)(N)[C@H](O)[C@H](C)O3)c3ccc(c(C)c3)Oc3cc2cc(c3O[C@@H]2O[C@H](CO)[C@H](O)[C@H](O)[C@@H]2O[C@@H]2C[C@](C)(N)[C@H](O)[C@H](C)O2)Oc2ccc(cc2)[C@H]1O. The number of carbonyl (C=O) groups excluding carboxylic acids is 7. The van der Waals surface area contributed by atoms with Crippen LogP contribution in [0.1, 0.15) is 144 Å². The van der Waals surface area contributed by atoms with Crippen LogP contribution in [0, 0.1) is 18.8 Å². The summed E-state index contributed by atoms with van der Waals surface area (Å²) < 4.78 is 52.1. The standard InChI is InChI=1S/C75H93N9O26/c1-9-33(18-29(2)3)66(95)83-56-58(90)34-10-14-39(15-11-34)105-46-21-37-22-47(62(46)110-73-63(60(92)59(91)48(28-85)107-73)109-51-27-75(8,78)65(94)32(6)104-51)106-45-17-13-36(19-30(45)4)61(108-50-26-74(7,77)64(93)31(5)103-50)57-71(100)82-55(72(101)102)41-23-38(86)24-44(88)52(41)40-20-35(12-16-43(40)87)53(68(97)84-57)81-69(98)54(37)80-67(96)42(25-49(76)89)79-70(56)99/h10-17,19-24,29,31-33,42,48,50-51,53-61,63-65,73,85-88,90-94H,9,18,25-28,77-78H2,1-8H3,(H2,76,89)(H,79,99)(H,80,96)(H,81,98)(H,82,100)(H,83,95)(H,84,97)(H,101,102)/t31-,32-,33-,42-,48+,50+,51+,53?,54+,55-,56+,57+,58+,59-,60-,61-,63-,64+,65+,73-,74-,75-/m0/s1. The molecule has 110 heavy (non-hydrogen) atoms. The first-order valence-corrected chi connectivity index (χ1v) is 35.8. The van der Waals surface area contributed by atoms with Gasteiger partial charge in [0.15, 0.2) is 36.2 Å². The van der Waals surface area contributed by atoms with E-state index in [-0.39, 0.29) is 58.9 Å². The van der Waals surface area contributed by atoms with Gasteiger partial charge in [0.2, 0.25) is 53.4 Å². The molecule has 0 saturated carbocycles. The Morgan fingerprint density at radius 2 is 1.26 bits per heavy atom. The number of aliphatic hydroxyl groups excluding tert-OH is 6. The zero-order valence-corrected chi connectivity index (χ0v) is 61.2. The Bertz CT molecular complexity index is 4330. The maximum Gasteiger partial charge on any atom is 0.330 e. The van der Waals surface area contributed by atoms with Gasteiger partial charge in [-0.15, -0.1) is 0 Å². The predicted molar refractivity (Wildman–Crippen MR) is 381 cm³/mol. The van der Waals surface area contributed by atoms with Gasteiger partial charge in [0, 0.05) is 52.6 Å². The number of aliphatic hydroxyl groups is 6. The molecule has 5 aromatic rings. The average molecular weight is 1540 g/mol. The summed E-state index contributed by atoms with van der Waals surface area (Å²) in [5.74, 6) is -15.3. The smallest absolute Gasteiger partial charge is 0.330 e. The number of hydrogen-bond donors (Lipinski definition) is 19. The monoisotopic (exact) mass is 1540 g/mol. The van der Waals surface area contributed by atoms with E-state index in [4.69, 9.17) is 55.1 Å². The van der Waals surface area contributed by atoms with Crippen LogP contribution in [0.2, 0.25) is 0 Å². The minimum absolute atomic E-state index is 0.00877. The fourth-order valence-corrected chi connectivity index (χ4v) is 14.6. The lowest BCUT2D eigenvalue weighted by Gasteiger charge is -2.47. The second-order valence-corrected chi connectivity index (χ2v) is 29.7. The van der Waals surface area contributed by atoms with Crippen LogP contribution in [-0.2, 0) is 62.0 Å². The summed E-state index contributed by atoms with van der Waals surface area (Å²) in [7, 11) is 0. The molecule has 3 fully saturated rings. The molecule has 22 atom stereocenters. The number of ether oxygens (including phenoxy) is 8. The quantitative estimate of drug-likeness (QED) is 0.0689. The van der Waals surface area contributed by atoms with Gasteiger partial charge < -0.3 is 138 Å². The third-order valence-electron chi connectivity index (χ3n) is 20.6. The molecule has 8 aliphatic heterocycles. The van der Waals surface area contributed by atoms with Crippen molar-refractivity contribution in [1.29, 1.82) is 0 Å². The summed E-state index contributed by atoms with van der Waals surface area (Å²) in [5, 5.41) is 130. The molecule has 11 bridgehead atoms. The van der Waals surface area contributed by atoms with Crippen LogP contribution in [0.25, 0.3) is 11.1 Å². The molecule has 0 aliphatic carbocycles. The van der Waals surface area contributed by atoms with Crippen molar-refractivity contribution in [2.45, 2.75) is 215 Å². The highest BCUT2D eigenvalue weighted by Gasteiger charge is 2.52. The number of nitrogens with one attached hydrogen (secondary N) is 6. The largest absolute Gasteiger partial charge is 0.508 e. The third-order valence-corrected chi connectivity index (χ3v) is 20.6. The van der Waals surface area contributed by atoms with Crippen molar-refractivity contribution >= 4 is 47.3 Å². The molecule has 0 radical (unpaired) electrons. The number of phenolic OH excluding ortho intramolecular Hbond substituents is 3. The fourth-order valence-electron chi connectivity index (χ4n) is 14.6. The Balaban J connectivity index is 1.18. The van der Waals surface area contributed by atoms with Crippen LogP contribution in [0.3, 0.4) is 0 Å². The van der Waals surface area contributed by atoms with Crippen molar-refractivity contribution in [2.75, 3.05) is 6.61 Å². The second-order valence-electron chi connectivity index (χ2n) is 29.7. The number of carboxylic acid groups (broad SMARTS) is 1. The highest BCUT2D eigenvalue weighted by Crippen LogP contribution is 2.49. The molecule has 1 unspecified atom stereocenters. The highest BCUT2D eigenvalue weighted by atomic mass is 16.8. The number of aryl methyl sites for hydroxylation is 1. The Hall–Kier alpha value is -9.86. The summed E-state index contributed by atoms with van der Waals surface area (Å²) in [6, 6.07) is 3.50. The fraction of sp³-hybridized carbons (Fsp3) is 0.493. The van der Waals surface area contributed by atoms with Crippen molar-refractivity contribution in [1.82, 2.24) is 31.9 Å². The summed E-state index contributed by atoms with van der Waals surface area (Å²) in [4.78, 5) is 120. The van der Waals surface area contributed by atoms with Crippen LogP contribution in [0.15, 0.2) is 84.9 Å². The minimum atomic E-state index is -2.30. The maximum atomic E-state index is 16.4. The molecule has 0 spiro atoms. The number of fused-ring (bicyclic) bond motifs is 15. The molecule has 594 valence electrons. The molecule has 35 nitrogen and oxygen atoms in total. The molecule has 8 heterocycles. The molecule has 22 N–H and O–H groups in total. The molecule has 3 saturated heterocycles. The van der Waals surface area contributed by atoms with Crippen LogP contribution in [-0.4, -0.2) is 202 Å². The van der Waals surface area contributed by atoms with Crippen molar-refractivity contribution in [3.8, 4) is 57.1 Å². The van der Waals surface area contributed by atoms with Crippen LogP contribution in [0.5, 0.6) is 46.0 Å². The summed E-state index contributed by atoms with van der Waals surface area (Å²) >= 11 is 0. The molecule has 7 amide bonds. The predicted octanol–water partition coefficient (Wildman–Crippen LogP) is 0.784. The number of nitrogens with two attached hydrogens (primary N) is 3.